The molecule has 0 bridgehead atoms. The number of ether oxygens (including phenoxy) is 1. The van der Waals surface area contributed by atoms with Gasteiger partial charge in [-0.3, -0.25) is 9.89 Å². The first-order valence-electron chi connectivity index (χ1n) is 10.0. The van der Waals surface area contributed by atoms with Gasteiger partial charge in [0.15, 0.2) is 0 Å². The number of amides is 1. The van der Waals surface area contributed by atoms with E-state index >= 15 is 0 Å². The van der Waals surface area contributed by atoms with Crippen LogP contribution in [0.3, 0.4) is 0 Å². The highest BCUT2D eigenvalue weighted by molar-refractivity contribution is 5.99. The number of aromatic nitrogens is 2. The van der Waals surface area contributed by atoms with Crippen LogP contribution in [0, 0.1) is 12.7 Å². The van der Waals surface area contributed by atoms with Crippen molar-refractivity contribution in [3.05, 3.63) is 41.5 Å². The van der Waals surface area contributed by atoms with Crippen molar-refractivity contribution in [1.82, 2.24) is 20.4 Å². The van der Waals surface area contributed by atoms with Crippen molar-refractivity contribution in [1.29, 1.82) is 0 Å². The Bertz CT molecular complexity index is 803. The van der Waals surface area contributed by atoms with Crippen molar-refractivity contribution in [3.63, 3.8) is 0 Å². The number of hydrogen-bond acceptors (Lipinski definition) is 4. The molecule has 0 unspecified atom stereocenters. The second-order valence-electron chi connectivity index (χ2n) is 7.72. The van der Waals surface area contributed by atoms with E-state index in [4.69, 9.17) is 4.74 Å². The van der Waals surface area contributed by atoms with Gasteiger partial charge in [0.2, 0.25) is 0 Å². The fourth-order valence-corrected chi connectivity index (χ4v) is 4.34. The molecule has 2 fully saturated rings. The normalized spacial score (nSPS) is 19.6. The number of piperidine rings is 1. The van der Waals surface area contributed by atoms with E-state index in [1.165, 1.54) is 12.3 Å². The predicted molar refractivity (Wildman–Crippen MR) is 105 cm³/mol. The minimum atomic E-state index is -0.347. The number of benzene rings is 1. The summed E-state index contributed by atoms with van der Waals surface area (Å²) in [5.74, 6) is -0.570. The molecule has 0 atom stereocenters. The van der Waals surface area contributed by atoms with Gasteiger partial charge in [0.25, 0.3) is 5.91 Å². The van der Waals surface area contributed by atoms with Crippen molar-refractivity contribution >= 4 is 5.91 Å². The smallest absolute Gasteiger partial charge is 0.270 e. The van der Waals surface area contributed by atoms with E-state index in [2.05, 4.69) is 20.4 Å². The minimum absolute atomic E-state index is 0.126. The van der Waals surface area contributed by atoms with Crippen LogP contribution < -0.4 is 5.32 Å². The zero-order valence-electron chi connectivity index (χ0n) is 16.2. The van der Waals surface area contributed by atoms with Crippen LogP contribution in [0.5, 0.6) is 0 Å². The Morgan fingerprint density at radius 2 is 2.00 bits per heavy atom. The molecule has 4 rings (SSSR count). The first-order valence-corrected chi connectivity index (χ1v) is 10.0. The molecule has 1 aromatic heterocycles. The lowest BCUT2D eigenvalue weighted by molar-refractivity contribution is 0.0238. The second kappa shape index (κ2) is 8.41. The largest absolute Gasteiger partial charge is 0.381 e. The van der Waals surface area contributed by atoms with Crippen LogP contribution in [0.2, 0.25) is 0 Å². The number of H-pyrrole nitrogens is 1. The van der Waals surface area contributed by atoms with Crippen molar-refractivity contribution < 1.29 is 13.9 Å². The molecule has 2 aliphatic heterocycles. The third-order valence-electron chi connectivity index (χ3n) is 5.93. The van der Waals surface area contributed by atoms with Crippen LogP contribution in [-0.4, -0.2) is 59.4 Å². The Hall–Kier alpha value is -2.25. The van der Waals surface area contributed by atoms with Gasteiger partial charge in [0.05, 0.1) is 6.20 Å². The predicted octanol–water partition coefficient (Wildman–Crippen LogP) is 2.90. The van der Waals surface area contributed by atoms with E-state index in [0.717, 1.165) is 57.6 Å². The van der Waals surface area contributed by atoms with E-state index in [1.807, 2.05) is 13.0 Å². The summed E-state index contributed by atoms with van der Waals surface area (Å²) in [6.45, 7) is 5.49. The third-order valence-corrected chi connectivity index (χ3v) is 5.93. The highest BCUT2D eigenvalue weighted by Gasteiger charge is 2.28. The Balaban J connectivity index is 1.40. The third kappa shape index (κ3) is 3.95. The number of nitrogens with zero attached hydrogens (tertiary/aromatic N) is 2. The summed E-state index contributed by atoms with van der Waals surface area (Å²) in [7, 11) is 0. The summed E-state index contributed by atoms with van der Waals surface area (Å²) in [5.41, 5.74) is 2.03. The topological polar surface area (TPSA) is 70.2 Å². The van der Waals surface area contributed by atoms with Gasteiger partial charge in [-0.1, -0.05) is 12.1 Å². The molecule has 150 valence electrons. The SMILES string of the molecule is Cc1cccc(F)c1-c1cn[nH]c1C(=O)NC1CCN(C2CCOCC2)CC1. The van der Waals surface area contributed by atoms with E-state index in [-0.39, 0.29) is 17.8 Å². The van der Waals surface area contributed by atoms with E-state index in [9.17, 15) is 9.18 Å². The molecule has 0 radical (unpaired) electrons. The summed E-state index contributed by atoms with van der Waals surface area (Å²) in [5, 5.41) is 9.86. The summed E-state index contributed by atoms with van der Waals surface area (Å²) in [6, 6.07) is 5.64. The number of carbonyl (C=O) groups is 1. The fourth-order valence-electron chi connectivity index (χ4n) is 4.34. The molecule has 2 N–H and O–H groups in total. The summed E-state index contributed by atoms with van der Waals surface area (Å²) in [4.78, 5) is 15.4. The van der Waals surface area contributed by atoms with Crippen LogP contribution in [0.15, 0.2) is 24.4 Å². The monoisotopic (exact) mass is 386 g/mol. The van der Waals surface area contributed by atoms with Crippen LogP contribution in [-0.2, 0) is 4.74 Å². The lowest BCUT2D eigenvalue weighted by atomic mass is 9.98. The molecule has 28 heavy (non-hydrogen) atoms. The molecule has 3 heterocycles. The number of likely N-dealkylation sites (tertiary alicyclic amines) is 1. The number of carbonyl (C=O) groups excluding carboxylic acids is 1. The summed E-state index contributed by atoms with van der Waals surface area (Å²) >= 11 is 0. The lowest BCUT2D eigenvalue weighted by Crippen LogP contribution is -2.49. The average molecular weight is 386 g/mol. The van der Waals surface area contributed by atoms with Crippen molar-refractivity contribution in [2.45, 2.75) is 44.7 Å². The van der Waals surface area contributed by atoms with Gasteiger partial charge < -0.3 is 15.0 Å². The molecule has 2 aliphatic rings. The van der Waals surface area contributed by atoms with Crippen molar-refractivity contribution in [2.75, 3.05) is 26.3 Å². The minimum Gasteiger partial charge on any atom is -0.381 e. The zero-order chi connectivity index (χ0) is 19.5. The van der Waals surface area contributed by atoms with Crippen LogP contribution in [0.25, 0.3) is 11.1 Å². The van der Waals surface area contributed by atoms with Crippen molar-refractivity contribution in [2.24, 2.45) is 0 Å². The fraction of sp³-hybridized carbons (Fsp3) is 0.524. The maximum absolute atomic E-state index is 14.3. The van der Waals surface area contributed by atoms with Crippen LogP contribution in [0.4, 0.5) is 4.39 Å². The van der Waals surface area contributed by atoms with Gasteiger partial charge in [-0.25, -0.2) is 4.39 Å². The van der Waals surface area contributed by atoms with Gasteiger partial charge in [-0.2, -0.15) is 5.10 Å². The van der Waals surface area contributed by atoms with E-state index in [0.29, 0.717) is 22.9 Å². The summed E-state index contributed by atoms with van der Waals surface area (Å²) < 4.78 is 19.8. The van der Waals surface area contributed by atoms with Gasteiger partial charge in [-0.15, -0.1) is 0 Å². The molecule has 1 amide bonds. The Labute approximate surface area is 164 Å². The van der Waals surface area contributed by atoms with Gasteiger partial charge in [0.1, 0.15) is 11.5 Å². The maximum atomic E-state index is 14.3. The highest BCUT2D eigenvalue weighted by atomic mass is 19.1. The number of halogens is 1. The molecule has 0 saturated carbocycles. The molecule has 2 aromatic rings. The van der Waals surface area contributed by atoms with Crippen molar-refractivity contribution in [3.8, 4) is 11.1 Å². The first-order chi connectivity index (χ1) is 13.6. The number of aromatic amines is 1. The highest BCUT2D eigenvalue weighted by Crippen LogP contribution is 2.28. The summed E-state index contributed by atoms with van der Waals surface area (Å²) in [6.07, 6.45) is 5.55. The molecular weight excluding hydrogens is 359 g/mol. The average Bonchev–Trinajstić information content (AvgIpc) is 3.19. The molecule has 7 heteroatoms. The van der Waals surface area contributed by atoms with Gasteiger partial charge in [-0.05, 0) is 44.2 Å². The zero-order valence-corrected chi connectivity index (χ0v) is 16.2. The molecule has 0 aliphatic carbocycles. The number of aryl methyl sites for hydroxylation is 1. The molecule has 0 spiro atoms. The Morgan fingerprint density at radius 3 is 2.71 bits per heavy atom. The first kappa shape index (κ1) is 19.1. The standard InChI is InChI=1S/C21H27FN4O2/c1-14-3-2-4-18(22)19(14)17-13-23-25-20(17)21(27)24-15-5-9-26(10-6-15)16-7-11-28-12-8-16/h2-4,13,15-16H,5-12H2,1H3,(H,23,25)(H,24,27). The molecule has 6 nitrogen and oxygen atoms in total. The quantitative estimate of drug-likeness (QED) is 0.848. The molecular formula is C21H27FN4O2. The van der Waals surface area contributed by atoms with E-state index < -0.39 is 0 Å². The van der Waals surface area contributed by atoms with Crippen LogP contribution in [0.1, 0.15) is 41.7 Å². The Morgan fingerprint density at radius 1 is 1.25 bits per heavy atom. The maximum Gasteiger partial charge on any atom is 0.270 e. The number of nitrogens with one attached hydrogen (secondary N) is 2. The lowest BCUT2D eigenvalue weighted by Gasteiger charge is -2.39. The van der Waals surface area contributed by atoms with Crippen LogP contribution >= 0.6 is 0 Å². The van der Waals surface area contributed by atoms with Gasteiger partial charge >= 0.3 is 0 Å². The molecule has 1 aromatic carbocycles. The Kier molecular flexibility index (Phi) is 5.73. The second-order valence-corrected chi connectivity index (χ2v) is 7.72. The van der Waals surface area contributed by atoms with Gasteiger partial charge in [0, 0.05) is 49.5 Å². The number of rotatable bonds is 4. The molecule has 2 saturated heterocycles. The number of hydrogen-bond donors (Lipinski definition) is 2. The van der Waals surface area contributed by atoms with E-state index in [1.54, 1.807) is 6.07 Å².